The lowest BCUT2D eigenvalue weighted by Gasteiger charge is -2.07. The number of rotatable bonds is 6. The number of halogens is 1. The van der Waals surface area contributed by atoms with E-state index in [1.807, 2.05) is 30.3 Å². The highest BCUT2D eigenvalue weighted by Crippen LogP contribution is 2.08. The number of alkyl halides is 1. The van der Waals surface area contributed by atoms with Gasteiger partial charge in [-0.3, -0.25) is 0 Å². The van der Waals surface area contributed by atoms with Crippen molar-refractivity contribution in [2.75, 3.05) is 6.61 Å². The van der Waals surface area contributed by atoms with Gasteiger partial charge in [0.15, 0.2) is 5.71 Å². The first-order valence-electron chi connectivity index (χ1n) is 5.17. The summed E-state index contributed by atoms with van der Waals surface area (Å²) >= 11 is 6.04. The highest BCUT2D eigenvalue weighted by molar-refractivity contribution is 6.34. The van der Waals surface area contributed by atoms with E-state index in [1.165, 1.54) is 6.92 Å². The Kier molecular flexibility index (Phi) is 5.49. The molecule has 0 saturated heterocycles. The van der Waals surface area contributed by atoms with E-state index in [-0.39, 0.29) is 17.7 Å². The predicted molar refractivity (Wildman–Crippen MR) is 66.5 cm³/mol. The highest BCUT2D eigenvalue weighted by Gasteiger charge is 2.07. The van der Waals surface area contributed by atoms with Crippen LogP contribution >= 0.6 is 11.6 Å². The maximum Gasteiger partial charge on any atom is 0.353 e. The van der Waals surface area contributed by atoms with Gasteiger partial charge in [-0.05, 0) is 18.9 Å². The number of benzene rings is 1. The lowest BCUT2D eigenvalue weighted by atomic mass is 10.1. The van der Waals surface area contributed by atoms with Crippen LogP contribution in [0.15, 0.2) is 35.5 Å². The summed E-state index contributed by atoms with van der Waals surface area (Å²) in [6, 6.07) is 9.76. The molecule has 0 heterocycles. The fraction of sp³-hybridized carbons (Fsp3) is 0.333. The first-order valence-corrected chi connectivity index (χ1v) is 5.61. The van der Waals surface area contributed by atoms with E-state index in [0.717, 1.165) is 5.56 Å². The second kappa shape index (κ2) is 6.91. The summed E-state index contributed by atoms with van der Waals surface area (Å²) in [5, 5.41) is 11.7. The average molecular weight is 256 g/mol. The molecule has 0 spiro atoms. The zero-order valence-electron chi connectivity index (χ0n) is 9.47. The fourth-order valence-electron chi connectivity index (χ4n) is 1.18. The normalized spacial score (nSPS) is 13.2. The van der Waals surface area contributed by atoms with Crippen molar-refractivity contribution in [3.8, 4) is 0 Å². The van der Waals surface area contributed by atoms with Gasteiger partial charge in [-0.2, -0.15) is 0 Å². The van der Waals surface area contributed by atoms with Crippen molar-refractivity contribution in [3.63, 3.8) is 0 Å². The quantitative estimate of drug-likeness (QED) is 0.482. The van der Waals surface area contributed by atoms with Crippen molar-refractivity contribution in [2.24, 2.45) is 5.16 Å². The smallest absolute Gasteiger partial charge is 0.353 e. The number of hydrogen-bond donors (Lipinski definition) is 1. The lowest BCUT2D eigenvalue weighted by molar-refractivity contribution is -0.129. The molecular formula is C12H14ClNO3. The topological polar surface area (TPSA) is 58.9 Å². The summed E-state index contributed by atoms with van der Waals surface area (Å²) in [7, 11) is 0. The van der Waals surface area contributed by atoms with E-state index in [2.05, 4.69) is 5.16 Å². The molecule has 1 aromatic carbocycles. The van der Waals surface area contributed by atoms with E-state index in [1.54, 1.807) is 0 Å². The van der Waals surface area contributed by atoms with Crippen LogP contribution in [0.5, 0.6) is 0 Å². The molecule has 0 amide bonds. The van der Waals surface area contributed by atoms with Crippen LogP contribution in [0.3, 0.4) is 0 Å². The summed E-state index contributed by atoms with van der Waals surface area (Å²) in [5.74, 6) is -1.10. The standard InChI is InChI=1S/C12H14ClNO3/c1-9(12(15)16)14-17-8-11(13)7-10-5-3-2-4-6-10/h2-6,11H,7-8H2,1H3,(H,15,16)/b14-9+. The first-order chi connectivity index (χ1) is 8.09. The molecule has 0 fully saturated rings. The van der Waals surface area contributed by atoms with Gasteiger partial charge in [-0.25, -0.2) is 4.79 Å². The molecule has 92 valence electrons. The maximum atomic E-state index is 10.4. The Morgan fingerprint density at radius 3 is 2.71 bits per heavy atom. The zero-order valence-corrected chi connectivity index (χ0v) is 10.2. The molecule has 1 unspecified atom stereocenters. The molecule has 0 aliphatic carbocycles. The van der Waals surface area contributed by atoms with Crippen molar-refractivity contribution >= 4 is 23.3 Å². The Labute approximate surface area is 105 Å². The number of nitrogens with zero attached hydrogens (tertiary/aromatic N) is 1. The maximum absolute atomic E-state index is 10.4. The minimum absolute atomic E-state index is 0.0893. The third-order valence-electron chi connectivity index (χ3n) is 2.07. The summed E-state index contributed by atoms with van der Waals surface area (Å²) in [5.41, 5.74) is 1.02. The largest absolute Gasteiger partial charge is 0.477 e. The third-order valence-corrected chi connectivity index (χ3v) is 2.35. The van der Waals surface area contributed by atoms with Crippen LogP contribution in [0.1, 0.15) is 12.5 Å². The molecule has 0 radical (unpaired) electrons. The summed E-state index contributed by atoms with van der Waals surface area (Å²) in [4.78, 5) is 15.3. The SMILES string of the molecule is C/C(=N\OCC(Cl)Cc1ccccc1)C(=O)O. The first kappa shape index (κ1) is 13.5. The van der Waals surface area contributed by atoms with E-state index in [4.69, 9.17) is 21.5 Å². The van der Waals surface area contributed by atoms with Crippen LogP contribution in [0.2, 0.25) is 0 Å². The molecule has 1 N–H and O–H groups in total. The van der Waals surface area contributed by atoms with E-state index in [9.17, 15) is 4.79 Å². The summed E-state index contributed by atoms with van der Waals surface area (Å²) in [6.45, 7) is 1.55. The molecule has 17 heavy (non-hydrogen) atoms. The molecule has 0 aliphatic rings. The summed E-state index contributed by atoms with van der Waals surface area (Å²) < 4.78 is 0. The molecule has 0 aliphatic heterocycles. The van der Waals surface area contributed by atoms with Gasteiger partial charge < -0.3 is 9.94 Å². The van der Waals surface area contributed by atoms with Crippen LogP contribution in [-0.2, 0) is 16.1 Å². The minimum atomic E-state index is -1.10. The van der Waals surface area contributed by atoms with Gasteiger partial charge in [0.25, 0.3) is 0 Å². The minimum Gasteiger partial charge on any atom is -0.477 e. The number of hydrogen-bond acceptors (Lipinski definition) is 3. The lowest BCUT2D eigenvalue weighted by Crippen LogP contribution is -2.13. The number of carboxylic acid groups (broad SMARTS) is 1. The van der Waals surface area contributed by atoms with Crippen molar-refractivity contribution < 1.29 is 14.7 Å². The summed E-state index contributed by atoms with van der Waals surface area (Å²) in [6.07, 6.45) is 0.657. The predicted octanol–water partition coefficient (Wildman–Crippen LogP) is 2.31. The number of aliphatic carboxylic acids is 1. The Bertz CT molecular complexity index is 392. The Hall–Kier alpha value is -1.55. The number of carboxylic acids is 1. The van der Waals surface area contributed by atoms with Crippen molar-refractivity contribution in [1.29, 1.82) is 0 Å². The van der Waals surface area contributed by atoms with Gasteiger partial charge in [0.05, 0.1) is 5.38 Å². The monoisotopic (exact) mass is 255 g/mol. The molecule has 0 bridgehead atoms. The van der Waals surface area contributed by atoms with Crippen LogP contribution in [-0.4, -0.2) is 28.8 Å². The molecule has 1 aromatic rings. The second-order valence-electron chi connectivity index (χ2n) is 3.56. The molecule has 1 rings (SSSR count). The fourth-order valence-corrected chi connectivity index (χ4v) is 1.42. The van der Waals surface area contributed by atoms with Gasteiger partial charge in [-0.1, -0.05) is 35.5 Å². The van der Waals surface area contributed by atoms with Gasteiger partial charge in [0.2, 0.25) is 0 Å². The van der Waals surface area contributed by atoms with Gasteiger partial charge >= 0.3 is 5.97 Å². The average Bonchev–Trinajstić information content (AvgIpc) is 2.30. The number of oxime groups is 1. The van der Waals surface area contributed by atoms with Crippen LogP contribution < -0.4 is 0 Å². The van der Waals surface area contributed by atoms with Gasteiger partial charge in [0, 0.05) is 0 Å². The Balaban J connectivity index is 2.34. The van der Waals surface area contributed by atoms with Crippen molar-refractivity contribution in [1.82, 2.24) is 0 Å². The van der Waals surface area contributed by atoms with Crippen LogP contribution in [0.25, 0.3) is 0 Å². The molecule has 0 saturated carbocycles. The van der Waals surface area contributed by atoms with Crippen LogP contribution in [0.4, 0.5) is 0 Å². The van der Waals surface area contributed by atoms with Crippen molar-refractivity contribution in [2.45, 2.75) is 18.7 Å². The Morgan fingerprint density at radius 1 is 1.47 bits per heavy atom. The number of carbonyl (C=O) groups is 1. The van der Waals surface area contributed by atoms with Crippen molar-refractivity contribution in [3.05, 3.63) is 35.9 Å². The second-order valence-corrected chi connectivity index (χ2v) is 4.18. The molecule has 4 nitrogen and oxygen atoms in total. The molecule has 5 heteroatoms. The zero-order chi connectivity index (χ0) is 12.7. The molecular weight excluding hydrogens is 242 g/mol. The third kappa shape index (κ3) is 5.36. The van der Waals surface area contributed by atoms with Gasteiger partial charge in [0.1, 0.15) is 6.61 Å². The van der Waals surface area contributed by atoms with E-state index in [0.29, 0.717) is 6.42 Å². The van der Waals surface area contributed by atoms with E-state index < -0.39 is 5.97 Å². The molecule has 0 aromatic heterocycles. The highest BCUT2D eigenvalue weighted by atomic mass is 35.5. The van der Waals surface area contributed by atoms with E-state index >= 15 is 0 Å². The van der Waals surface area contributed by atoms with Crippen LogP contribution in [0, 0.1) is 0 Å². The van der Waals surface area contributed by atoms with Gasteiger partial charge in [-0.15, -0.1) is 11.6 Å². The Morgan fingerprint density at radius 2 is 2.12 bits per heavy atom. The molecule has 1 atom stereocenters.